The van der Waals surface area contributed by atoms with E-state index >= 15 is 0 Å². The van der Waals surface area contributed by atoms with Crippen molar-refractivity contribution in [3.05, 3.63) is 95.6 Å². The standard InChI is InChI=1S/C24H12F8N2/c25-18-10-14(6-8-16(18)23(27,28)29)20-12-21(34-22(33-20)13-4-2-1-3-5-13)15-7-9-17(19(26)11-15)24(30,31)32/h1-12H. The van der Waals surface area contributed by atoms with Crippen LogP contribution in [0.4, 0.5) is 35.1 Å². The molecule has 0 atom stereocenters. The molecular weight excluding hydrogens is 468 g/mol. The fourth-order valence-corrected chi connectivity index (χ4v) is 3.27. The average Bonchev–Trinajstić information content (AvgIpc) is 2.77. The van der Waals surface area contributed by atoms with Gasteiger partial charge in [0.25, 0.3) is 0 Å². The lowest BCUT2D eigenvalue weighted by molar-refractivity contribution is -0.140. The first-order valence-corrected chi connectivity index (χ1v) is 9.62. The number of alkyl halides is 6. The molecular formula is C24H12F8N2. The van der Waals surface area contributed by atoms with Gasteiger partial charge in [-0.05, 0) is 30.3 Å². The van der Waals surface area contributed by atoms with Crippen molar-refractivity contribution >= 4 is 0 Å². The molecule has 2 nitrogen and oxygen atoms in total. The van der Waals surface area contributed by atoms with Crippen LogP contribution in [0.25, 0.3) is 33.9 Å². The second-order valence-electron chi connectivity index (χ2n) is 7.21. The van der Waals surface area contributed by atoms with E-state index < -0.39 is 35.1 Å². The van der Waals surface area contributed by atoms with Crippen molar-refractivity contribution in [1.29, 1.82) is 0 Å². The molecule has 0 fully saturated rings. The summed E-state index contributed by atoms with van der Waals surface area (Å²) in [6.45, 7) is 0. The van der Waals surface area contributed by atoms with Crippen LogP contribution < -0.4 is 0 Å². The molecule has 1 heterocycles. The summed E-state index contributed by atoms with van der Waals surface area (Å²) in [4.78, 5) is 8.56. The van der Waals surface area contributed by atoms with Gasteiger partial charge >= 0.3 is 12.4 Å². The largest absolute Gasteiger partial charge is 0.419 e. The van der Waals surface area contributed by atoms with Crippen LogP contribution in [0.15, 0.2) is 72.8 Å². The first-order chi connectivity index (χ1) is 15.9. The molecule has 0 N–H and O–H groups in total. The number of nitrogens with zero attached hydrogens (tertiary/aromatic N) is 2. The average molecular weight is 480 g/mol. The van der Waals surface area contributed by atoms with Gasteiger partial charge in [-0.3, -0.25) is 0 Å². The van der Waals surface area contributed by atoms with E-state index in [0.29, 0.717) is 29.8 Å². The highest BCUT2D eigenvalue weighted by atomic mass is 19.4. The van der Waals surface area contributed by atoms with Crippen LogP contribution >= 0.6 is 0 Å². The van der Waals surface area contributed by atoms with Crippen molar-refractivity contribution < 1.29 is 35.1 Å². The van der Waals surface area contributed by atoms with Crippen LogP contribution in [-0.4, -0.2) is 9.97 Å². The predicted octanol–water partition coefficient (Wildman–Crippen LogP) is 7.79. The van der Waals surface area contributed by atoms with Gasteiger partial charge in [0.05, 0.1) is 22.5 Å². The van der Waals surface area contributed by atoms with E-state index in [2.05, 4.69) is 9.97 Å². The van der Waals surface area contributed by atoms with Gasteiger partial charge in [-0.2, -0.15) is 26.3 Å². The number of rotatable bonds is 3. The van der Waals surface area contributed by atoms with E-state index in [1.54, 1.807) is 30.3 Å². The Bertz CT molecular complexity index is 1260. The maximum atomic E-state index is 14.2. The Labute approximate surface area is 187 Å². The highest BCUT2D eigenvalue weighted by Crippen LogP contribution is 2.36. The monoisotopic (exact) mass is 480 g/mol. The van der Waals surface area contributed by atoms with Gasteiger partial charge in [0.2, 0.25) is 0 Å². The van der Waals surface area contributed by atoms with Crippen LogP contribution in [-0.2, 0) is 12.4 Å². The number of benzene rings is 3. The van der Waals surface area contributed by atoms with Crippen molar-refractivity contribution in [2.24, 2.45) is 0 Å². The Kier molecular flexibility index (Phi) is 5.84. The predicted molar refractivity (Wildman–Crippen MR) is 108 cm³/mol. The summed E-state index contributed by atoms with van der Waals surface area (Å²) >= 11 is 0. The number of hydrogen-bond acceptors (Lipinski definition) is 2. The smallest absolute Gasteiger partial charge is 0.228 e. The van der Waals surface area contributed by atoms with Gasteiger partial charge in [-0.1, -0.05) is 42.5 Å². The number of aromatic nitrogens is 2. The minimum atomic E-state index is -4.90. The fraction of sp³-hybridized carbons (Fsp3) is 0.0833. The molecule has 4 rings (SSSR count). The Morgan fingerprint density at radius 1 is 0.500 bits per heavy atom. The molecule has 0 spiro atoms. The second-order valence-corrected chi connectivity index (χ2v) is 7.21. The normalized spacial score (nSPS) is 12.1. The molecule has 34 heavy (non-hydrogen) atoms. The second kappa shape index (κ2) is 8.51. The molecule has 0 radical (unpaired) electrons. The third-order valence-corrected chi connectivity index (χ3v) is 4.90. The maximum Gasteiger partial charge on any atom is 0.419 e. The molecule has 0 saturated heterocycles. The summed E-state index contributed by atoms with van der Waals surface area (Å²) in [6, 6.07) is 14.0. The Morgan fingerprint density at radius 2 is 0.941 bits per heavy atom. The zero-order valence-corrected chi connectivity index (χ0v) is 16.8. The summed E-state index contributed by atoms with van der Waals surface area (Å²) in [5.41, 5.74) is -2.51. The molecule has 0 aliphatic rings. The lowest BCUT2D eigenvalue weighted by Crippen LogP contribution is -2.08. The van der Waals surface area contributed by atoms with Crippen molar-refractivity contribution in [2.45, 2.75) is 12.4 Å². The minimum Gasteiger partial charge on any atom is -0.228 e. The van der Waals surface area contributed by atoms with Crippen molar-refractivity contribution in [3.63, 3.8) is 0 Å². The van der Waals surface area contributed by atoms with Crippen LogP contribution in [0.1, 0.15) is 11.1 Å². The molecule has 174 valence electrons. The maximum absolute atomic E-state index is 14.2. The first-order valence-electron chi connectivity index (χ1n) is 9.62. The van der Waals surface area contributed by atoms with Gasteiger partial charge < -0.3 is 0 Å². The topological polar surface area (TPSA) is 25.8 Å². The molecule has 0 aliphatic heterocycles. The van der Waals surface area contributed by atoms with Gasteiger partial charge in [0, 0.05) is 16.7 Å². The van der Waals surface area contributed by atoms with E-state index in [-0.39, 0.29) is 28.3 Å². The lowest BCUT2D eigenvalue weighted by Gasteiger charge is -2.13. The zero-order chi connectivity index (χ0) is 24.7. The van der Waals surface area contributed by atoms with Gasteiger partial charge in [0.1, 0.15) is 11.6 Å². The summed E-state index contributed by atoms with van der Waals surface area (Å²) in [6.07, 6.45) is -9.79. The Balaban J connectivity index is 1.88. The van der Waals surface area contributed by atoms with Crippen LogP contribution in [0.5, 0.6) is 0 Å². The molecule has 0 aliphatic carbocycles. The van der Waals surface area contributed by atoms with Crippen LogP contribution in [0.2, 0.25) is 0 Å². The molecule has 0 saturated carbocycles. The van der Waals surface area contributed by atoms with E-state index in [1.165, 1.54) is 6.07 Å². The van der Waals surface area contributed by atoms with E-state index in [1.807, 2.05) is 0 Å². The van der Waals surface area contributed by atoms with Crippen molar-refractivity contribution in [2.75, 3.05) is 0 Å². The fourth-order valence-electron chi connectivity index (χ4n) is 3.27. The van der Waals surface area contributed by atoms with Gasteiger partial charge in [-0.25, -0.2) is 18.7 Å². The summed E-state index contributed by atoms with van der Waals surface area (Å²) in [5.74, 6) is -2.98. The number of hydrogen-bond donors (Lipinski definition) is 0. The Hall–Kier alpha value is -3.82. The highest BCUT2D eigenvalue weighted by Gasteiger charge is 2.35. The number of halogens is 8. The van der Waals surface area contributed by atoms with Gasteiger partial charge in [0.15, 0.2) is 5.82 Å². The minimum absolute atomic E-state index is 0.00298. The quantitative estimate of drug-likeness (QED) is 0.280. The summed E-state index contributed by atoms with van der Waals surface area (Å²) in [5, 5.41) is 0. The molecule has 10 heteroatoms. The molecule has 0 bridgehead atoms. The van der Waals surface area contributed by atoms with E-state index in [4.69, 9.17) is 0 Å². The Morgan fingerprint density at radius 3 is 1.32 bits per heavy atom. The third kappa shape index (κ3) is 4.75. The van der Waals surface area contributed by atoms with Gasteiger partial charge in [-0.15, -0.1) is 0 Å². The lowest BCUT2D eigenvalue weighted by atomic mass is 10.0. The zero-order valence-electron chi connectivity index (χ0n) is 16.8. The molecule has 3 aromatic carbocycles. The molecule has 1 aromatic heterocycles. The van der Waals surface area contributed by atoms with E-state index in [0.717, 1.165) is 12.1 Å². The highest BCUT2D eigenvalue weighted by molar-refractivity contribution is 5.72. The molecule has 4 aromatic rings. The summed E-state index contributed by atoms with van der Waals surface area (Å²) in [7, 11) is 0. The van der Waals surface area contributed by atoms with Crippen molar-refractivity contribution in [1.82, 2.24) is 9.97 Å². The third-order valence-electron chi connectivity index (χ3n) is 4.90. The molecule has 0 amide bonds. The van der Waals surface area contributed by atoms with Crippen LogP contribution in [0.3, 0.4) is 0 Å². The first kappa shape index (κ1) is 23.3. The molecule has 0 unspecified atom stereocenters. The van der Waals surface area contributed by atoms with Crippen molar-refractivity contribution in [3.8, 4) is 33.9 Å². The van der Waals surface area contributed by atoms with Crippen LogP contribution in [0, 0.1) is 11.6 Å². The SMILES string of the molecule is Fc1cc(-c2cc(-c3ccc(C(F)(F)F)c(F)c3)nc(-c3ccccc3)n2)ccc1C(F)(F)F. The summed E-state index contributed by atoms with van der Waals surface area (Å²) < 4.78 is 106. The van der Waals surface area contributed by atoms with E-state index in [9.17, 15) is 35.1 Å².